The summed E-state index contributed by atoms with van der Waals surface area (Å²) in [5.74, 6) is -3.56. The van der Waals surface area contributed by atoms with Gasteiger partial charge in [0.15, 0.2) is 0 Å². The van der Waals surface area contributed by atoms with Crippen molar-refractivity contribution in [3.63, 3.8) is 0 Å². The van der Waals surface area contributed by atoms with Crippen LogP contribution in [0.4, 0.5) is 0 Å². The Bertz CT molecular complexity index is 747. The third kappa shape index (κ3) is 3.75. The second-order valence-electron chi connectivity index (χ2n) is 4.27. The van der Waals surface area contributed by atoms with Crippen LogP contribution in [0.15, 0.2) is 0 Å². The number of carbonyl (C=O) groups excluding carboxylic acids is 3. The minimum atomic E-state index is -1.28. The molecule has 1 aromatic carbocycles. The Morgan fingerprint density at radius 1 is 0.870 bits per heavy atom. The monoisotopic (exact) mass is 767 g/mol. The molecule has 0 aliphatic carbocycles. The quantitative estimate of drug-likeness (QED) is 0.220. The lowest BCUT2D eigenvalue weighted by atomic mass is 10.1. The number of carbonyl (C=O) groups is 4. The number of hydrogen-bond acceptors (Lipinski definition) is 5. The molecule has 1 N–H and O–H groups in total. The van der Waals surface area contributed by atoms with Crippen LogP contribution in [0.3, 0.4) is 0 Å². The third-order valence-electron chi connectivity index (χ3n) is 2.87. The van der Waals surface area contributed by atoms with Crippen LogP contribution < -0.4 is 0 Å². The van der Waals surface area contributed by atoms with E-state index < -0.39 is 23.8 Å². The smallest absolute Gasteiger partial charge is 0.365 e. The van der Waals surface area contributed by atoms with Crippen LogP contribution >= 0.6 is 90.4 Å². The summed E-state index contributed by atoms with van der Waals surface area (Å²) >= 11 is 7.69. The first-order valence-electron chi connectivity index (χ1n) is 5.84. The lowest BCUT2D eigenvalue weighted by Crippen LogP contribution is -2.33. The predicted molar refractivity (Wildman–Crippen MR) is 111 cm³/mol. The van der Waals surface area contributed by atoms with Crippen LogP contribution in [0.2, 0.25) is 0 Å². The van der Waals surface area contributed by atoms with Crippen molar-refractivity contribution >= 4 is 114 Å². The molecule has 122 valence electrons. The van der Waals surface area contributed by atoms with Crippen molar-refractivity contribution in [3.05, 3.63) is 25.4 Å². The number of aromatic carboxylic acids is 1. The van der Waals surface area contributed by atoms with Gasteiger partial charge in [-0.25, -0.2) is 9.59 Å². The zero-order valence-corrected chi connectivity index (χ0v) is 19.5. The molecule has 0 bridgehead atoms. The summed E-state index contributed by atoms with van der Waals surface area (Å²) in [4.78, 5) is 51.9. The van der Waals surface area contributed by atoms with Crippen LogP contribution in [0.25, 0.3) is 0 Å². The summed E-state index contributed by atoms with van der Waals surface area (Å²) in [5.41, 5.74) is -0.372. The number of imide groups is 1. The maximum absolute atomic E-state index is 12.4. The number of benzene rings is 1. The Hall–Kier alpha value is 0.220. The fourth-order valence-corrected chi connectivity index (χ4v) is 5.45. The van der Waals surface area contributed by atoms with Gasteiger partial charge in [0.2, 0.25) is 0 Å². The van der Waals surface area contributed by atoms with E-state index in [0.29, 0.717) is 19.3 Å². The highest BCUT2D eigenvalue weighted by Gasteiger charge is 2.36. The van der Waals surface area contributed by atoms with E-state index in [-0.39, 0.29) is 24.0 Å². The number of amides is 2. The van der Waals surface area contributed by atoms with Gasteiger partial charge >= 0.3 is 11.9 Å². The molecule has 7 nitrogen and oxygen atoms in total. The summed E-state index contributed by atoms with van der Waals surface area (Å²) < 4.78 is 2.20. The summed E-state index contributed by atoms with van der Waals surface area (Å²) in [7, 11) is 0. The molecule has 23 heavy (non-hydrogen) atoms. The fourth-order valence-electron chi connectivity index (χ4n) is 1.81. The molecule has 0 saturated carbocycles. The molecule has 1 aliphatic heterocycles. The highest BCUT2D eigenvalue weighted by molar-refractivity contribution is 14.1. The average molecular weight is 767 g/mol. The Morgan fingerprint density at radius 2 is 1.30 bits per heavy atom. The van der Waals surface area contributed by atoms with Gasteiger partial charge < -0.3 is 9.94 Å². The largest absolute Gasteiger partial charge is 0.478 e. The summed E-state index contributed by atoms with van der Waals surface area (Å²) in [5, 5.41) is 9.84. The van der Waals surface area contributed by atoms with E-state index in [2.05, 4.69) is 0 Å². The van der Waals surface area contributed by atoms with E-state index in [0.717, 1.165) is 0 Å². The van der Waals surface area contributed by atoms with Crippen molar-refractivity contribution in [3.8, 4) is 0 Å². The number of carboxylic acids is 1. The zero-order valence-electron chi connectivity index (χ0n) is 10.9. The van der Waals surface area contributed by atoms with Crippen LogP contribution in [-0.2, 0) is 14.4 Å². The number of halogens is 4. The van der Waals surface area contributed by atoms with Gasteiger partial charge in [-0.2, -0.15) is 0 Å². The van der Waals surface area contributed by atoms with Gasteiger partial charge in [0.1, 0.15) is 0 Å². The van der Waals surface area contributed by atoms with Crippen molar-refractivity contribution < 1.29 is 29.1 Å². The summed E-state index contributed by atoms with van der Waals surface area (Å²) in [6.45, 7) is 0. The van der Waals surface area contributed by atoms with Crippen LogP contribution in [0, 0.1) is 14.3 Å². The van der Waals surface area contributed by atoms with Crippen molar-refractivity contribution in [2.24, 2.45) is 0 Å². The fraction of sp³-hybridized carbons (Fsp3) is 0.167. The van der Waals surface area contributed by atoms with E-state index in [1.54, 1.807) is 0 Å². The molecule has 2 rings (SSSR count). The Balaban J connectivity index is 2.54. The first-order chi connectivity index (χ1) is 10.7. The van der Waals surface area contributed by atoms with E-state index in [1.807, 2.05) is 90.4 Å². The van der Waals surface area contributed by atoms with Gasteiger partial charge in [-0.3, -0.25) is 9.59 Å². The molecule has 0 spiro atoms. The maximum atomic E-state index is 12.4. The highest BCUT2D eigenvalue weighted by atomic mass is 127. The number of nitrogens with zero attached hydrogens (tertiary/aromatic N) is 1. The van der Waals surface area contributed by atoms with Gasteiger partial charge in [0.05, 0.1) is 11.1 Å². The first-order valence-corrected chi connectivity index (χ1v) is 10.2. The van der Waals surface area contributed by atoms with Gasteiger partial charge in [0, 0.05) is 27.1 Å². The minimum Gasteiger partial charge on any atom is -0.478 e. The van der Waals surface area contributed by atoms with E-state index in [1.165, 1.54) is 0 Å². The molecular weight excluding hydrogens is 762 g/mol. The molecule has 0 aromatic heterocycles. The first kappa shape index (κ1) is 19.5. The van der Waals surface area contributed by atoms with Crippen molar-refractivity contribution in [2.75, 3.05) is 0 Å². The second-order valence-corrected chi connectivity index (χ2v) is 8.59. The van der Waals surface area contributed by atoms with Crippen LogP contribution in [0.5, 0.6) is 0 Å². The minimum absolute atomic E-state index is 0.0310. The molecule has 1 aromatic rings. The highest BCUT2D eigenvalue weighted by Crippen LogP contribution is 2.33. The molecule has 1 aliphatic rings. The number of hydrogen-bond donors (Lipinski definition) is 1. The Labute approximate surface area is 184 Å². The molecule has 1 fully saturated rings. The number of hydroxylamine groups is 2. The third-order valence-corrected chi connectivity index (χ3v) is 10.3. The van der Waals surface area contributed by atoms with Crippen LogP contribution in [-0.4, -0.2) is 33.9 Å². The Morgan fingerprint density at radius 3 is 1.74 bits per heavy atom. The molecule has 1 heterocycles. The molecule has 2 amide bonds. The van der Waals surface area contributed by atoms with Gasteiger partial charge in [-0.15, -0.1) is 5.06 Å². The molecule has 0 radical (unpaired) electrons. The molecule has 0 unspecified atom stereocenters. The topological polar surface area (TPSA) is 101 Å². The van der Waals surface area contributed by atoms with Crippen molar-refractivity contribution in [1.82, 2.24) is 5.06 Å². The van der Waals surface area contributed by atoms with Crippen molar-refractivity contribution in [2.45, 2.75) is 12.8 Å². The summed E-state index contributed by atoms with van der Waals surface area (Å²) in [6.07, 6.45) is -0.0620. The van der Waals surface area contributed by atoms with E-state index in [4.69, 9.17) is 4.84 Å². The van der Waals surface area contributed by atoms with Crippen LogP contribution in [0.1, 0.15) is 33.6 Å². The summed E-state index contributed by atoms with van der Waals surface area (Å²) in [6, 6.07) is 0. The maximum Gasteiger partial charge on any atom is 0.365 e. The molecule has 1 saturated heterocycles. The molecule has 0 atom stereocenters. The normalized spacial score (nSPS) is 14.3. The molecular formula is C12H5I4NO6. The lowest BCUT2D eigenvalue weighted by Gasteiger charge is -2.17. The Kier molecular flexibility index (Phi) is 6.48. The van der Waals surface area contributed by atoms with E-state index in [9.17, 15) is 24.3 Å². The standard InChI is InChI=1S/C12H5I4NO6/c13-7-5(11(20)21)6(8(14)10(16)9(7)15)12(22)23-17-3(18)1-2-4(17)19/h1-2H2,(H,20,21). The predicted octanol–water partition coefficient (Wildman–Crippen LogP) is 3.02. The number of carboxylic acid groups (broad SMARTS) is 1. The van der Waals surface area contributed by atoms with Gasteiger partial charge in [0.25, 0.3) is 11.8 Å². The average Bonchev–Trinajstić information content (AvgIpc) is 2.79. The molecule has 11 heteroatoms. The lowest BCUT2D eigenvalue weighted by molar-refractivity contribution is -0.172. The van der Waals surface area contributed by atoms with E-state index >= 15 is 0 Å². The van der Waals surface area contributed by atoms with Gasteiger partial charge in [-0.1, -0.05) is 0 Å². The SMILES string of the molecule is O=C(O)c1c(I)c(I)c(I)c(I)c1C(=O)ON1C(=O)CCC1=O. The zero-order chi connectivity index (χ0) is 17.5. The van der Waals surface area contributed by atoms with Crippen molar-refractivity contribution in [1.29, 1.82) is 0 Å². The number of rotatable bonds is 3. The second kappa shape index (κ2) is 7.63. The van der Waals surface area contributed by atoms with Gasteiger partial charge in [-0.05, 0) is 90.4 Å².